The van der Waals surface area contributed by atoms with Gasteiger partial charge in [0.05, 0.1) is 6.20 Å². The lowest BCUT2D eigenvalue weighted by molar-refractivity contribution is 0.155. The van der Waals surface area contributed by atoms with Gasteiger partial charge in [0.15, 0.2) is 0 Å². The Labute approximate surface area is 147 Å². The van der Waals surface area contributed by atoms with Crippen molar-refractivity contribution in [1.29, 1.82) is 0 Å². The largest absolute Gasteiger partial charge is 0.334 e. The second-order valence-electron chi connectivity index (χ2n) is 7.09. The Bertz CT molecular complexity index is 755. The summed E-state index contributed by atoms with van der Waals surface area (Å²) in [6.45, 7) is 5.32. The number of aryl methyl sites for hydroxylation is 1. The summed E-state index contributed by atoms with van der Waals surface area (Å²) in [7, 11) is 1.89. The molecule has 1 aromatic carbocycles. The average molecular weight is 344 g/mol. The molecule has 1 aromatic heterocycles. The second-order valence-corrected chi connectivity index (χ2v) is 7.09. The number of nitrogens with one attached hydrogen (secondary N) is 1. The Morgan fingerprint density at radius 1 is 1.36 bits per heavy atom. The van der Waals surface area contributed by atoms with Gasteiger partial charge in [0.1, 0.15) is 5.82 Å². The maximum Gasteiger partial charge on any atom is 0.318 e. The van der Waals surface area contributed by atoms with Crippen LogP contribution in [0.15, 0.2) is 30.5 Å². The molecule has 0 bridgehead atoms. The molecule has 1 saturated heterocycles. The predicted octanol–water partition coefficient (Wildman–Crippen LogP) is 3.17. The molecule has 0 aliphatic carbocycles. The smallest absolute Gasteiger partial charge is 0.318 e. The van der Waals surface area contributed by atoms with Crippen LogP contribution in [0, 0.1) is 12.7 Å². The molecular formula is C19H25FN4O. The van der Waals surface area contributed by atoms with Gasteiger partial charge in [0, 0.05) is 36.9 Å². The van der Waals surface area contributed by atoms with Crippen LogP contribution in [0.2, 0.25) is 0 Å². The van der Waals surface area contributed by atoms with Gasteiger partial charge < -0.3 is 10.2 Å². The molecule has 2 heterocycles. The third-order valence-corrected chi connectivity index (χ3v) is 5.26. The lowest BCUT2D eigenvalue weighted by Gasteiger charge is -2.35. The number of hydrogen-bond donors (Lipinski definition) is 1. The number of hydrogen-bond acceptors (Lipinski definition) is 2. The van der Waals surface area contributed by atoms with Crippen molar-refractivity contribution in [3.63, 3.8) is 0 Å². The van der Waals surface area contributed by atoms with E-state index in [1.807, 2.05) is 18.9 Å². The molecule has 0 saturated carbocycles. The van der Waals surface area contributed by atoms with E-state index < -0.39 is 0 Å². The molecule has 0 spiro atoms. The summed E-state index contributed by atoms with van der Waals surface area (Å²) in [4.78, 5) is 14.6. The summed E-state index contributed by atoms with van der Waals surface area (Å²) >= 11 is 0. The Hall–Kier alpha value is -2.37. The lowest BCUT2D eigenvalue weighted by Crippen LogP contribution is -2.50. The second kappa shape index (κ2) is 6.86. The molecule has 1 N–H and O–H groups in total. The van der Waals surface area contributed by atoms with Crippen LogP contribution in [0.25, 0.3) is 0 Å². The molecule has 5 nitrogen and oxygen atoms in total. The van der Waals surface area contributed by atoms with Crippen molar-refractivity contribution in [2.75, 3.05) is 6.54 Å². The van der Waals surface area contributed by atoms with Gasteiger partial charge in [-0.05, 0) is 50.8 Å². The average Bonchev–Trinajstić information content (AvgIpc) is 3.11. The highest BCUT2D eigenvalue weighted by Gasteiger charge is 2.39. The summed E-state index contributed by atoms with van der Waals surface area (Å²) in [6, 6.07) is 6.50. The van der Waals surface area contributed by atoms with Crippen molar-refractivity contribution in [3.8, 4) is 0 Å². The highest BCUT2D eigenvalue weighted by atomic mass is 19.1. The summed E-state index contributed by atoms with van der Waals surface area (Å²) in [5, 5.41) is 7.22. The van der Waals surface area contributed by atoms with Crippen LogP contribution in [0.5, 0.6) is 0 Å². The van der Waals surface area contributed by atoms with Gasteiger partial charge in [0.25, 0.3) is 0 Å². The molecule has 2 aromatic rings. The van der Waals surface area contributed by atoms with Crippen molar-refractivity contribution < 1.29 is 9.18 Å². The first-order valence-electron chi connectivity index (χ1n) is 8.66. The number of benzene rings is 1. The number of amides is 2. The van der Waals surface area contributed by atoms with E-state index in [-0.39, 0.29) is 17.4 Å². The molecule has 134 valence electrons. The molecule has 3 rings (SSSR count). The van der Waals surface area contributed by atoms with E-state index in [2.05, 4.69) is 17.3 Å². The molecule has 2 amide bonds. The fourth-order valence-electron chi connectivity index (χ4n) is 3.58. The van der Waals surface area contributed by atoms with Crippen LogP contribution in [0.1, 0.15) is 36.6 Å². The normalized spacial score (nSPS) is 20.1. The molecule has 25 heavy (non-hydrogen) atoms. The van der Waals surface area contributed by atoms with E-state index >= 15 is 0 Å². The van der Waals surface area contributed by atoms with Crippen LogP contribution in [-0.4, -0.2) is 32.8 Å². The quantitative estimate of drug-likeness (QED) is 0.926. The summed E-state index contributed by atoms with van der Waals surface area (Å²) in [6.07, 6.45) is 4.45. The number of urea groups is 1. The standard InChI is InChI=1S/C19H25FN4O/c1-14-16(13-22-23(14)3)12-21-18(25)24-10-4-9-19(24,2)11-15-5-7-17(20)8-6-15/h5-8,13H,4,9-12H2,1-3H3,(H,21,25)/t19-/m0/s1. The first-order chi connectivity index (χ1) is 11.9. The predicted molar refractivity (Wildman–Crippen MR) is 94.6 cm³/mol. The van der Waals surface area contributed by atoms with Crippen molar-refractivity contribution >= 4 is 6.03 Å². The van der Waals surface area contributed by atoms with E-state index in [1.54, 1.807) is 23.0 Å². The zero-order valence-corrected chi connectivity index (χ0v) is 15.1. The fourth-order valence-corrected chi connectivity index (χ4v) is 3.58. The monoisotopic (exact) mass is 344 g/mol. The Balaban J connectivity index is 1.66. The summed E-state index contributed by atoms with van der Waals surface area (Å²) < 4.78 is 14.9. The minimum Gasteiger partial charge on any atom is -0.334 e. The van der Waals surface area contributed by atoms with Gasteiger partial charge >= 0.3 is 6.03 Å². The van der Waals surface area contributed by atoms with Gasteiger partial charge in [-0.1, -0.05) is 12.1 Å². The van der Waals surface area contributed by atoms with Gasteiger partial charge in [-0.25, -0.2) is 9.18 Å². The third kappa shape index (κ3) is 3.67. The van der Waals surface area contributed by atoms with Gasteiger partial charge in [0.2, 0.25) is 0 Å². The van der Waals surface area contributed by atoms with Crippen molar-refractivity contribution in [3.05, 3.63) is 53.1 Å². The molecule has 1 aliphatic rings. The number of aromatic nitrogens is 2. The Kier molecular flexibility index (Phi) is 4.79. The van der Waals surface area contributed by atoms with Gasteiger partial charge in [-0.2, -0.15) is 5.10 Å². The van der Waals surface area contributed by atoms with E-state index in [0.717, 1.165) is 42.6 Å². The Morgan fingerprint density at radius 3 is 2.72 bits per heavy atom. The maximum atomic E-state index is 13.1. The molecule has 1 aliphatic heterocycles. The van der Waals surface area contributed by atoms with Crippen LogP contribution in [0.4, 0.5) is 9.18 Å². The minimum atomic E-state index is -0.244. The Morgan fingerprint density at radius 2 is 2.08 bits per heavy atom. The highest BCUT2D eigenvalue weighted by Crippen LogP contribution is 2.32. The SMILES string of the molecule is Cc1c(CNC(=O)N2CCC[C@@]2(C)Cc2ccc(F)cc2)cnn1C. The highest BCUT2D eigenvalue weighted by molar-refractivity contribution is 5.75. The van der Waals surface area contributed by atoms with Gasteiger partial charge in [-0.15, -0.1) is 0 Å². The van der Waals surface area contributed by atoms with Crippen molar-refractivity contribution in [2.45, 2.75) is 45.2 Å². The summed E-state index contributed by atoms with van der Waals surface area (Å²) in [5.74, 6) is -0.234. The van der Waals surface area contributed by atoms with Crippen LogP contribution in [-0.2, 0) is 20.0 Å². The molecular weight excluding hydrogens is 319 g/mol. The first-order valence-corrected chi connectivity index (χ1v) is 8.66. The fraction of sp³-hybridized carbons (Fsp3) is 0.474. The molecule has 0 radical (unpaired) electrons. The zero-order chi connectivity index (χ0) is 18.0. The number of rotatable bonds is 4. The minimum absolute atomic E-state index is 0.0506. The van der Waals surface area contributed by atoms with Crippen LogP contribution >= 0.6 is 0 Å². The molecule has 1 atom stereocenters. The number of halogens is 1. The zero-order valence-electron chi connectivity index (χ0n) is 15.1. The topological polar surface area (TPSA) is 50.2 Å². The molecule has 6 heteroatoms. The molecule has 1 fully saturated rings. The number of likely N-dealkylation sites (tertiary alicyclic amines) is 1. The van der Waals surface area contributed by atoms with Crippen LogP contribution < -0.4 is 5.32 Å². The van der Waals surface area contributed by atoms with E-state index in [4.69, 9.17) is 0 Å². The van der Waals surface area contributed by atoms with E-state index in [0.29, 0.717) is 6.54 Å². The first kappa shape index (κ1) is 17.5. The van der Waals surface area contributed by atoms with Crippen molar-refractivity contribution in [2.24, 2.45) is 7.05 Å². The number of nitrogens with zero attached hydrogens (tertiary/aromatic N) is 3. The number of carbonyl (C=O) groups excluding carboxylic acids is 1. The van der Waals surface area contributed by atoms with E-state index in [9.17, 15) is 9.18 Å². The maximum absolute atomic E-state index is 13.1. The summed E-state index contributed by atoms with van der Waals surface area (Å²) in [5.41, 5.74) is 2.88. The van der Waals surface area contributed by atoms with Crippen LogP contribution in [0.3, 0.4) is 0 Å². The third-order valence-electron chi connectivity index (χ3n) is 5.26. The number of carbonyl (C=O) groups is 1. The lowest BCUT2D eigenvalue weighted by atomic mass is 9.90. The van der Waals surface area contributed by atoms with E-state index in [1.165, 1.54) is 12.1 Å². The molecule has 0 unspecified atom stereocenters. The van der Waals surface area contributed by atoms with Crippen molar-refractivity contribution in [1.82, 2.24) is 20.0 Å². The van der Waals surface area contributed by atoms with Gasteiger partial charge in [-0.3, -0.25) is 4.68 Å².